The maximum atomic E-state index is 13.5. The number of anilines is 1. The molecule has 0 saturated heterocycles. The van der Waals surface area contributed by atoms with Crippen molar-refractivity contribution < 1.29 is 9.18 Å². The number of hydrogen-bond acceptors (Lipinski definition) is 2. The van der Waals surface area contributed by atoms with Gasteiger partial charge in [-0.3, -0.25) is 9.79 Å². The fraction of sp³-hybridized carbons (Fsp3) is 0.300. The van der Waals surface area contributed by atoms with Crippen molar-refractivity contribution in [1.82, 2.24) is 10.6 Å². The Kier molecular flexibility index (Phi) is 9.20. The van der Waals surface area contributed by atoms with Crippen LogP contribution in [-0.4, -0.2) is 32.0 Å². The normalized spacial score (nSPS) is 11.3. The van der Waals surface area contributed by atoms with E-state index < -0.39 is 0 Å². The summed E-state index contributed by atoms with van der Waals surface area (Å²) in [7, 11) is 1.64. The van der Waals surface area contributed by atoms with E-state index in [9.17, 15) is 9.18 Å². The zero-order valence-electron chi connectivity index (χ0n) is 15.8. The molecular weight excluding hydrogens is 458 g/mol. The Balaban J connectivity index is 0.00000364. The molecule has 5 nitrogen and oxygen atoms in total. The summed E-state index contributed by atoms with van der Waals surface area (Å²) in [6.07, 6.45) is 0. The number of carbonyl (C=O) groups excluding carboxylic acids is 1. The van der Waals surface area contributed by atoms with Gasteiger partial charge < -0.3 is 16.0 Å². The summed E-state index contributed by atoms with van der Waals surface area (Å²) in [4.78, 5) is 16.1. The van der Waals surface area contributed by atoms with Gasteiger partial charge in [0.05, 0.1) is 6.54 Å². The van der Waals surface area contributed by atoms with Gasteiger partial charge in [0.25, 0.3) is 0 Å². The highest BCUT2D eigenvalue weighted by atomic mass is 127. The van der Waals surface area contributed by atoms with Gasteiger partial charge in [0.1, 0.15) is 5.82 Å². The molecule has 0 bridgehead atoms. The van der Waals surface area contributed by atoms with Crippen LogP contribution in [-0.2, 0) is 10.2 Å². The molecule has 146 valence electrons. The first-order valence-electron chi connectivity index (χ1n) is 8.46. The number of nitrogens with one attached hydrogen (secondary N) is 3. The number of rotatable bonds is 6. The monoisotopic (exact) mass is 484 g/mol. The zero-order valence-corrected chi connectivity index (χ0v) is 18.1. The van der Waals surface area contributed by atoms with Gasteiger partial charge in [0.15, 0.2) is 5.96 Å². The van der Waals surface area contributed by atoms with Crippen molar-refractivity contribution in [2.75, 3.05) is 25.5 Å². The Morgan fingerprint density at radius 2 is 1.78 bits per heavy atom. The lowest BCUT2D eigenvalue weighted by Crippen LogP contribution is -2.45. The van der Waals surface area contributed by atoms with Crippen LogP contribution in [0.25, 0.3) is 0 Å². The minimum atomic E-state index is -0.300. The molecule has 3 N–H and O–H groups in total. The second-order valence-corrected chi connectivity index (χ2v) is 6.59. The molecule has 27 heavy (non-hydrogen) atoms. The van der Waals surface area contributed by atoms with Crippen LogP contribution in [0.4, 0.5) is 10.1 Å². The smallest absolute Gasteiger partial charge is 0.243 e. The lowest BCUT2D eigenvalue weighted by Gasteiger charge is -2.26. The Morgan fingerprint density at radius 3 is 2.41 bits per heavy atom. The molecule has 2 aromatic rings. The quantitative estimate of drug-likeness (QED) is 0.334. The maximum Gasteiger partial charge on any atom is 0.243 e. The van der Waals surface area contributed by atoms with Crippen LogP contribution in [0.1, 0.15) is 19.4 Å². The summed E-state index contributed by atoms with van der Waals surface area (Å²) in [5.41, 5.74) is 1.34. The van der Waals surface area contributed by atoms with Crippen molar-refractivity contribution in [1.29, 1.82) is 0 Å². The van der Waals surface area contributed by atoms with Gasteiger partial charge in [-0.05, 0) is 29.8 Å². The first kappa shape index (κ1) is 22.9. The largest absolute Gasteiger partial charge is 0.356 e. The molecule has 0 spiro atoms. The van der Waals surface area contributed by atoms with Gasteiger partial charge in [0, 0.05) is 24.7 Å². The number of halogens is 2. The lowest BCUT2D eigenvalue weighted by atomic mass is 9.84. The molecule has 0 saturated carbocycles. The van der Waals surface area contributed by atoms with E-state index in [-0.39, 0.29) is 47.7 Å². The van der Waals surface area contributed by atoms with Gasteiger partial charge in [-0.15, -0.1) is 24.0 Å². The van der Waals surface area contributed by atoms with Gasteiger partial charge in [-0.25, -0.2) is 4.39 Å². The van der Waals surface area contributed by atoms with Gasteiger partial charge >= 0.3 is 0 Å². The summed E-state index contributed by atoms with van der Waals surface area (Å²) in [6.45, 7) is 4.67. The highest BCUT2D eigenvalue weighted by Crippen LogP contribution is 2.22. The van der Waals surface area contributed by atoms with Crippen LogP contribution >= 0.6 is 24.0 Å². The molecule has 0 aromatic heterocycles. The molecule has 0 aliphatic rings. The molecule has 0 radical (unpaired) electrons. The fourth-order valence-corrected chi connectivity index (χ4v) is 2.43. The average Bonchev–Trinajstić information content (AvgIpc) is 2.62. The van der Waals surface area contributed by atoms with E-state index >= 15 is 0 Å². The highest BCUT2D eigenvalue weighted by Gasteiger charge is 2.21. The minimum Gasteiger partial charge on any atom is -0.356 e. The highest BCUT2D eigenvalue weighted by molar-refractivity contribution is 14.0. The number of hydrogen-bond donors (Lipinski definition) is 3. The molecule has 1 amide bonds. The van der Waals surface area contributed by atoms with Crippen LogP contribution in [0.15, 0.2) is 59.6 Å². The predicted octanol–water partition coefficient (Wildman–Crippen LogP) is 3.53. The maximum absolute atomic E-state index is 13.5. The Bertz CT molecular complexity index is 766. The average molecular weight is 484 g/mol. The summed E-state index contributed by atoms with van der Waals surface area (Å²) in [6, 6.07) is 15.8. The van der Waals surface area contributed by atoms with E-state index in [0.29, 0.717) is 12.5 Å². The number of nitrogens with zero attached hydrogens (tertiary/aromatic N) is 1. The summed E-state index contributed by atoms with van der Waals surface area (Å²) in [5, 5.41) is 8.96. The van der Waals surface area contributed by atoms with E-state index in [2.05, 4.69) is 20.9 Å². The fourth-order valence-electron chi connectivity index (χ4n) is 2.43. The molecule has 2 rings (SSSR count). The zero-order chi connectivity index (χ0) is 19.0. The second-order valence-electron chi connectivity index (χ2n) is 6.59. The first-order valence-corrected chi connectivity index (χ1v) is 8.46. The number of amides is 1. The first-order chi connectivity index (χ1) is 12.4. The Labute approximate surface area is 176 Å². The Morgan fingerprint density at radius 1 is 1.07 bits per heavy atom. The van der Waals surface area contributed by atoms with Gasteiger partial charge in [-0.2, -0.15) is 0 Å². The number of benzene rings is 2. The molecule has 0 heterocycles. The topological polar surface area (TPSA) is 65.5 Å². The third kappa shape index (κ3) is 7.54. The van der Waals surface area contributed by atoms with E-state index in [4.69, 9.17) is 0 Å². The molecule has 0 aliphatic heterocycles. The standard InChI is InChI=1S/C20H25FN4O.HI/c1-20(2,15-8-7-9-16(21)12-15)14-24-19(22-3)23-13-18(26)25-17-10-5-4-6-11-17;/h4-12H,13-14H2,1-3H3,(H,25,26)(H2,22,23,24);1H. The summed E-state index contributed by atoms with van der Waals surface area (Å²) < 4.78 is 13.5. The van der Waals surface area contributed by atoms with E-state index in [1.165, 1.54) is 12.1 Å². The van der Waals surface area contributed by atoms with E-state index in [1.54, 1.807) is 13.1 Å². The third-order valence-corrected chi connectivity index (χ3v) is 4.00. The number of para-hydroxylation sites is 1. The molecule has 0 unspecified atom stereocenters. The van der Waals surface area contributed by atoms with Crippen molar-refractivity contribution in [2.45, 2.75) is 19.3 Å². The minimum absolute atomic E-state index is 0. The summed E-state index contributed by atoms with van der Waals surface area (Å²) >= 11 is 0. The molecule has 2 aromatic carbocycles. The lowest BCUT2D eigenvalue weighted by molar-refractivity contribution is -0.115. The van der Waals surface area contributed by atoms with Gasteiger partial charge in [-0.1, -0.05) is 44.2 Å². The van der Waals surface area contributed by atoms with Crippen LogP contribution in [0.3, 0.4) is 0 Å². The number of carbonyl (C=O) groups is 1. The van der Waals surface area contributed by atoms with Crippen LogP contribution in [0, 0.1) is 5.82 Å². The molecule has 0 fully saturated rings. The van der Waals surface area contributed by atoms with Crippen LogP contribution in [0.5, 0.6) is 0 Å². The second kappa shape index (κ2) is 10.9. The van der Waals surface area contributed by atoms with Crippen molar-refractivity contribution in [3.8, 4) is 0 Å². The number of guanidine groups is 1. The molecule has 7 heteroatoms. The predicted molar refractivity (Wildman–Crippen MR) is 119 cm³/mol. The van der Waals surface area contributed by atoms with E-state index in [1.807, 2.05) is 50.2 Å². The SMILES string of the molecule is CN=C(NCC(=O)Nc1ccccc1)NCC(C)(C)c1cccc(F)c1.I. The van der Waals surface area contributed by atoms with E-state index in [0.717, 1.165) is 11.3 Å². The van der Waals surface area contributed by atoms with Gasteiger partial charge in [0.2, 0.25) is 5.91 Å². The molecule has 0 atom stereocenters. The van der Waals surface area contributed by atoms with Crippen molar-refractivity contribution >= 4 is 41.5 Å². The molecule has 0 aliphatic carbocycles. The van der Waals surface area contributed by atoms with Crippen molar-refractivity contribution in [3.63, 3.8) is 0 Å². The molecular formula is C20H26FIN4O. The van der Waals surface area contributed by atoms with Crippen molar-refractivity contribution in [2.24, 2.45) is 4.99 Å². The van der Waals surface area contributed by atoms with Crippen molar-refractivity contribution in [3.05, 3.63) is 66.0 Å². The van der Waals surface area contributed by atoms with Crippen LogP contribution in [0.2, 0.25) is 0 Å². The summed E-state index contributed by atoms with van der Waals surface area (Å²) in [5.74, 6) is 0.0943. The third-order valence-electron chi connectivity index (χ3n) is 4.00. The Hall–Kier alpha value is -2.16. The van der Waals surface area contributed by atoms with Crippen LogP contribution < -0.4 is 16.0 Å². The number of aliphatic imine (C=N–C) groups is 1.